The molecule has 5 heteroatoms. The lowest BCUT2D eigenvalue weighted by Gasteiger charge is -2.29. The molecule has 1 aromatic rings. The van der Waals surface area contributed by atoms with Gasteiger partial charge in [0.25, 0.3) is 0 Å². The molecule has 0 unspecified atom stereocenters. The number of nitrogens with one attached hydrogen (secondary N) is 1. The molecule has 2 aliphatic rings. The Labute approximate surface area is 134 Å². The number of rotatable bonds is 5. The van der Waals surface area contributed by atoms with Crippen molar-refractivity contribution in [1.82, 2.24) is 10.2 Å². The minimum absolute atomic E-state index is 0.368. The average molecular weight is 355 g/mol. The first-order valence-electron chi connectivity index (χ1n) is 7.72. The minimum atomic E-state index is 0.368. The van der Waals surface area contributed by atoms with Crippen LogP contribution in [-0.2, 0) is 6.54 Å². The number of hydrogen-bond donors (Lipinski definition) is 1. The van der Waals surface area contributed by atoms with Crippen molar-refractivity contribution in [2.45, 2.75) is 31.9 Å². The molecule has 0 amide bonds. The van der Waals surface area contributed by atoms with Gasteiger partial charge in [-0.05, 0) is 37.0 Å². The van der Waals surface area contributed by atoms with E-state index < -0.39 is 0 Å². The molecule has 3 rings (SSSR count). The van der Waals surface area contributed by atoms with Crippen molar-refractivity contribution in [1.29, 1.82) is 0 Å². The molecule has 1 aromatic carbocycles. The van der Waals surface area contributed by atoms with Gasteiger partial charge in [0, 0.05) is 37.2 Å². The zero-order chi connectivity index (χ0) is 14.7. The summed E-state index contributed by atoms with van der Waals surface area (Å²) in [4.78, 5) is 2.47. The third kappa shape index (κ3) is 3.71. The van der Waals surface area contributed by atoms with Crippen LogP contribution in [0.5, 0.6) is 11.5 Å². The number of nitrogens with zero attached hydrogens (tertiary/aromatic N) is 1. The van der Waals surface area contributed by atoms with Crippen LogP contribution in [0.2, 0.25) is 0 Å². The Kier molecular flexibility index (Phi) is 5.03. The lowest BCUT2D eigenvalue weighted by atomic mass is 9.96. The second-order valence-corrected chi connectivity index (χ2v) is 6.65. The molecule has 0 aromatic heterocycles. The first-order chi connectivity index (χ1) is 10.3. The maximum Gasteiger partial charge on any atom is 0.161 e. The summed E-state index contributed by atoms with van der Waals surface area (Å²) in [6, 6.07) is 4.18. The summed E-state index contributed by atoms with van der Waals surface area (Å²) in [5.74, 6) is 1.70. The van der Waals surface area contributed by atoms with E-state index in [4.69, 9.17) is 9.47 Å². The van der Waals surface area contributed by atoms with E-state index in [0.717, 1.165) is 61.5 Å². The second kappa shape index (κ2) is 6.99. The zero-order valence-corrected chi connectivity index (χ0v) is 14.1. The highest BCUT2D eigenvalue weighted by Crippen LogP contribution is 2.37. The van der Waals surface area contributed by atoms with Gasteiger partial charge >= 0.3 is 0 Å². The molecule has 4 nitrogen and oxygen atoms in total. The topological polar surface area (TPSA) is 33.7 Å². The van der Waals surface area contributed by atoms with Gasteiger partial charge in [-0.3, -0.25) is 4.90 Å². The standard InChI is InChI=1S/C16H23BrN2O2/c1-20-15-10-14(17)12(11-19-7-5-18-6-8-19)9-16(15)21-13-3-2-4-13/h9-10,13,18H,2-8,11H2,1H3. The third-order valence-electron chi connectivity index (χ3n) is 4.28. The van der Waals surface area contributed by atoms with Crippen molar-refractivity contribution in [3.63, 3.8) is 0 Å². The van der Waals surface area contributed by atoms with Crippen molar-refractivity contribution in [3.05, 3.63) is 22.2 Å². The van der Waals surface area contributed by atoms with Crippen LogP contribution < -0.4 is 14.8 Å². The van der Waals surface area contributed by atoms with Gasteiger partial charge in [-0.2, -0.15) is 0 Å². The summed E-state index contributed by atoms with van der Waals surface area (Å²) in [5.41, 5.74) is 1.27. The van der Waals surface area contributed by atoms with Gasteiger partial charge in [-0.1, -0.05) is 15.9 Å². The highest BCUT2D eigenvalue weighted by atomic mass is 79.9. The fourth-order valence-corrected chi connectivity index (χ4v) is 3.18. The highest BCUT2D eigenvalue weighted by Gasteiger charge is 2.22. The Balaban J connectivity index is 1.76. The fraction of sp³-hybridized carbons (Fsp3) is 0.625. The Hall–Kier alpha value is -0.780. The molecule has 1 N–H and O–H groups in total. The van der Waals surface area contributed by atoms with Crippen molar-refractivity contribution in [2.75, 3.05) is 33.3 Å². The van der Waals surface area contributed by atoms with E-state index in [2.05, 4.69) is 32.2 Å². The fourth-order valence-electron chi connectivity index (χ4n) is 2.73. The van der Waals surface area contributed by atoms with E-state index in [9.17, 15) is 0 Å². The molecule has 0 atom stereocenters. The molecular weight excluding hydrogens is 332 g/mol. The smallest absolute Gasteiger partial charge is 0.161 e. The molecule has 116 valence electrons. The molecule has 1 saturated heterocycles. The predicted octanol–water partition coefficient (Wildman–Crippen LogP) is 2.79. The van der Waals surface area contributed by atoms with E-state index in [0.29, 0.717) is 6.10 Å². The largest absolute Gasteiger partial charge is 0.493 e. The van der Waals surface area contributed by atoms with Gasteiger partial charge in [-0.25, -0.2) is 0 Å². The Morgan fingerprint density at radius 2 is 2.00 bits per heavy atom. The lowest BCUT2D eigenvalue weighted by Crippen LogP contribution is -2.42. The monoisotopic (exact) mass is 354 g/mol. The number of methoxy groups -OCH3 is 1. The van der Waals surface area contributed by atoms with Crippen molar-refractivity contribution in [2.24, 2.45) is 0 Å². The minimum Gasteiger partial charge on any atom is -0.493 e. The molecular formula is C16H23BrN2O2. The second-order valence-electron chi connectivity index (χ2n) is 5.79. The quantitative estimate of drug-likeness (QED) is 0.881. The Morgan fingerprint density at radius 1 is 1.24 bits per heavy atom. The van der Waals surface area contributed by atoms with Gasteiger partial charge in [0.1, 0.15) is 0 Å². The molecule has 1 aliphatic carbocycles. The molecule has 0 bridgehead atoms. The predicted molar refractivity (Wildman–Crippen MR) is 87.1 cm³/mol. The normalized spacial score (nSPS) is 20.1. The molecule has 0 radical (unpaired) electrons. The molecule has 2 fully saturated rings. The van der Waals surface area contributed by atoms with Crippen LogP contribution in [0.4, 0.5) is 0 Å². The SMILES string of the molecule is COc1cc(Br)c(CN2CCNCC2)cc1OC1CCC1. The number of benzene rings is 1. The summed E-state index contributed by atoms with van der Waals surface area (Å²) >= 11 is 3.67. The summed E-state index contributed by atoms with van der Waals surface area (Å²) in [5, 5.41) is 3.39. The summed E-state index contributed by atoms with van der Waals surface area (Å²) in [6.07, 6.45) is 3.96. The van der Waals surface area contributed by atoms with E-state index in [1.54, 1.807) is 7.11 Å². The van der Waals surface area contributed by atoms with Crippen LogP contribution in [0.25, 0.3) is 0 Å². The van der Waals surface area contributed by atoms with E-state index in [1.807, 2.05) is 6.07 Å². The molecule has 0 spiro atoms. The number of hydrogen-bond acceptors (Lipinski definition) is 4. The number of piperazine rings is 1. The zero-order valence-electron chi connectivity index (χ0n) is 12.5. The van der Waals surface area contributed by atoms with Gasteiger partial charge in [-0.15, -0.1) is 0 Å². The van der Waals surface area contributed by atoms with Crippen molar-refractivity contribution >= 4 is 15.9 Å². The molecule has 1 aliphatic heterocycles. The lowest BCUT2D eigenvalue weighted by molar-refractivity contribution is 0.115. The van der Waals surface area contributed by atoms with Crippen molar-refractivity contribution in [3.8, 4) is 11.5 Å². The molecule has 1 heterocycles. The molecule has 1 saturated carbocycles. The molecule has 21 heavy (non-hydrogen) atoms. The average Bonchev–Trinajstić information content (AvgIpc) is 2.46. The van der Waals surface area contributed by atoms with Crippen molar-refractivity contribution < 1.29 is 9.47 Å². The van der Waals surface area contributed by atoms with E-state index in [1.165, 1.54) is 12.0 Å². The Bertz CT molecular complexity index is 485. The highest BCUT2D eigenvalue weighted by molar-refractivity contribution is 9.10. The van der Waals surface area contributed by atoms with Crippen LogP contribution >= 0.6 is 15.9 Å². The summed E-state index contributed by atoms with van der Waals surface area (Å²) in [6.45, 7) is 5.28. The van der Waals surface area contributed by atoms with Crippen LogP contribution in [0, 0.1) is 0 Å². The van der Waals surface area contributed by atoms with Crippen LogP contribution in [0.1, 0.15) is 24.8 Å². The summed E-state index contributed by atoms with van der Waals surface area (Å²) in [7, 11) is 1.70. The van der Waals surface area contributed by atoms with Crippen LogP contribution in [0.3, 0.4) is 0 Å². The number of halogens is 1. The Morgan fingerprint density at radius 3 is 2.62 bits per heavy atom. The third-order valence-corrected chi connectivity index (χ3v) is 5.02. The van der Waals surface area contributed by atoms with Gasteiger partial charge in [0.2, 0.25) is 0 Å². The van der Waals surface area contributed by atoms with E-state index in [-0.39, 0.29) is 0 Å². The first-order valence-corrected chi connectivity index (χ1v) is 8.51. The first kappa shape index (κ1) is 15.1. The van der Waals surface area contributed by atoms with Gasteiger partial charge < -0.3 is 14.8 Å². The van der Waals surface area contributed by atoms with E-state index >= 15 is 0 Å². The van der Waals surface area contributed by atoms with Gasteiger partial charge in [0.15, 0.2) is 11.5 Å². The maximum absolute atomic E-state index is 6.08. The van der Waals surface area contributed by atoms with Crippen LogP contribution in [0.15, 0.2) is 16.6 Å². The van der Waals surface area contributed by atoms with Gasteiger partial charge in [0.05, 0.1) is 13.2 Å². The summed E-state index contributed by atoms with van der Waals surface area (Å²) < 4.78 is 12.6. The van der Waals surface area contributed by atoms with Crippen LogP contribution in [-0.4, -0.2) is 44.3 Å². The number of ether oxygens (including phenoxy) is 2. The maximum atomic E-state index is 6.08.